The minimum absolute atomic E-state index is 0.207. The molecular weight excluding hydrogens is 515 g/mol. The van der Waals surface area contributed by atoms with Crippen molar-refractivity contribution in [2.75, 3.05) is 25.1 Å². The standard InChI is InChI=1S/C34H39FN4O2/c1-41-24-27-10-5-6-16-31(27)26-11-7-9-25(21-26)23-38-19-17-34(18-20-38)32(36-29-13-3-2-4-14-29)37-33(40)39(34)30-15-8-12-28(35)22-30/h5-12,15-16,21-22,29H,2-4,13-14,17-20,23-24H2,1H3,(H,36,37,40). The van der Waals surface area contributed by atoms with E-state index in [9.17, 15) is 9.18 Å². The van der Waals surface area contributed by atoms with Gasteiger partial charge in [0.15, 0.2) is 0 Å². The van der Waals surface area contributed by atoms with Crippen molar-refractivity contribution in [1.29, 1.82) is 0 Å². The number of rotatable bonds is 7. The van der Waals surface area contributed by atoms with E-state index in [1.807, 2.05) is 12.1 Å². The van der Waals surface area contributed by atoms with Gasteiger partial charge < -0.3 is 4.74 Å². The van der Waals surface area contributed by atoms with E-state index >= 15 is 0 Å². The van der Waals surface area contributed by atoms with Crippen molar-refractivity contribution in [2.24, 2.45) is 4.99 Å². The highest BCUT2D eigenvalue weighted by Crippen LogP contribution is 2.39. The summed E-state index contributed by atoms with van der Waals surface area (Å²) in [5, 5.41) is 3.12. The fraction of sp³-hybridized carbons (Fsp3) is 0.412. The summed E-state index contributed by atoms with van der Waals surface area (Å²) in [5.74, 6) is 0.433. The first-order valence-electron chi connectivity index (χ1n) is 14.9. The summed E-state index contributed by atoms with van der Waals surface area (Å²) in [5.41, 5.74) is 4.82. The molecule has 0 radical (unpaired) electrons. The monoisotopic (exact) mass is 554 g/mol. The molecular formula is C34H39FN4O2. The van der Waals surface area contributed by atoms with E-state index in [-0.39, 0.29) is 17.9 Å². The van der Waals surface area contributed by atoms with Crippen LogP contribution in [-0.4, -0.2) is 48.5 Å². The normalized spacial score (nSPS) is 20.6. The first kappa shape index (κ1) is 27.6. The molecule has 2 saturated heterocycles. The zero-order valence-electron chi connectivity index (χ0n) is 23.8. The highest BCUT2D eigenvalue weighted by atomic mass is 19.1. The summed E-state index contributed by atoms with van der Waals surface area (Å²) < 4.78 is 19.7. The lowest BCUT2D eigenvalue weighted by Gasteiger charge is -2.44. The first-order chi connectivity index (χ1) is 20.1. The van der Waals surface area contributed by atoms with Crippen LogP contribution in [0.5, 0.6) is 0 Å². The molecule has 2 aliphatic heterocycles. The largest absolute Gasteiger partial charge is 0.380 e. The average molecular weight is 555 g/mol. The lowest BCUT2D eigenvalue weighted by molar-refractivity contribution is 0.184. The summed E-state index contributed by atoms with van der Waals surface area (Å²) in [6, 6.07) is 23.5. The molecule has 41 heavy (non-hydrogen) atoms. The number of likely N-dealkylation sites (tertiary alicyclic amines) is 1. The number of urea groups is 1. The van der Waals surface area contributed by atoms with Crippen molar-refractivity contribution < 1.29 is 13.9 Å². The Morgan fingerprint density at radius 2 is 1.76 bits per heavy atom. The van der Waals surface area contributed by atoms with Crippen molar-refractivity contribution in [2.45, 2.75) is 69.7 Å². The number of halogens is 1. The molecule has 3 fully saturated rings. The number of carbonyl (C=O) groups is 1. The minimum atomic E-state index is -0.584. The van der Waals surface area contributed by atoms with Gasteiger partial charge in [-0.1, -0.05) is 67.8 Å². The summed E-state index contributed by atoms with van der Waals surface area (Å²) in [6.07, 6.45) is 7.21. The highest BCUT2D eigenvalue weighted by Gasteiger charge is 2.53. The Bertz CT molecular complexity index is 1410. The Hall–Kier alpha value is -3.55. The van der Waals surface area contributed by atoms with Gasteiger partial charge >= 0.3 is 6.03 Å². The zero-order chi connectivity index (χ0) is 28.2. The second-order valence-corrected chi connectivity index (χ2v) is 11.6. The summed E-state index contributed by atoms with van der Waals surface area (Å²) in [7, 11) is 1.73. The number of amidine groups is 1. The van der Waals surface area contributed by atoms with Gasteiger partial charge in [-0.2, -0.15) is 0 Å². The Kier molecular flexibility index (Phi) is 8.17. The van der Waals surface area contributed by atoms with E-state index in [1.165, 1.54) is 53.6 Å². The molecule has 1 spiro atoms. The fourth-order valence-corrected chi connectivity index (χ4v) is 6.82. The molecule has 7 heteroatoms. The average Bonchev–Trinajstić information content (AvgIpc) is 3.25. The Morgan fingerprint density at radius 1 is 0.976 bits per heavy atom. The van der Waals surface area contributed by atoms with E-state index in [0.717, 1.165) is 51.2 Å². The second kappa shape index (κ2) is 12.1. The van der Waals surface area contributed by atoms with Gasteiger partial charge in [0.1, 0.15) is 17.2 Å². The number of benzene rings is 3. The lowest BCUT2D eigenvalue weighted by atomic mass is 9.84. The van der Waals surface area contributed by atoms with Crippen molar-refractivity contribution in [3.63, 3.8) is 0 Å². The third-order valence-electron chi connectivity index (χ3n) is 8.89. The maximum atomic E-state index is 14.3. The van der Waals surface area contributed by atoms with E-state index in [0.29, 0.717) is 12.3 Å². The Labute approximate surface area is 242 Å². The number of carbonyl (C=O) groups excluding carboxylic acids is 1. The molecule has 1 saturated carbocycles. The molecule has 0 unspecified atom stereocenters. The topological polar surface area (TPSA) is 57.2 Å². The number of anilines is 1. The van der Waals surface area contributed by atoms with Gasteiger partial charge in [0.25, 0.3) is 0 Å². The predicted octanol–water partition coefficient (Wildman–Crippen LogP) is 6.93. The van der Waals surface area contributed by atoms with Crippen molar-refractivity contribution in [1.82, 2.24) is 10.2 Å². The van der Waals surface area contributed by atoms with Gasteiger partial charge in [0, 0.05) is 32.4 Å². The summed E-state index contributed by atoms with van der Waals surface area (Å²) >= 11 is 0. The van der Waals surface area contributed by atoms with Crippen LogP contribution in [0, 0.1) is 5.82 Å². The third-order valence-corrected chi connectivity index (χ3v) is 8.89. The molecule has 2 amide bonds. The van der Waals surface area contributed by atoms with Crippen LogP contribution >= 0.6 is 0 Å². The molecule has 2 heterocycles. The number of methoxy groups -OCH3 is 1. The van der Waals surface area contributed by atoms with E-state index in [1.54, 1.807) is 18.1 Å². The number of amides is 2. The number of hydrogen-bond donors (Lipinski definition) is 1. The van der Waals surface area contributed by atoms with Crippen LogP contribution in [-0.2, 0) is 17.9 Å². The van der Waals surface area contributed by atoms with E-state index in [4.69, 9.17) is 9.73 Å². The highest BCUT2D eigenvalue weighted by molar-refractivity contribution is 6.19. The molecule has 1 N–H and O–H groups in total. The van der Waals surface area contributed by atoms with Crippen LogP contribution in [0.2, 0.25) is 0 Å². The zero-order valence-corrected chi connectivity index (χ0v) is 23.8. The smallest absolute Gasteiger partial charge is 0.328 e. The molecule has 0 bridgehead atoms. The fourth-order valence-electron chi connectivity index (χ4n) is 6.82. The van der Waals surface area contributed by atoms with Crippen LogP contribution < -0.4 is 10.2 Å². The SMILES string of the molecule is COCc1ccccc1-c1cccc(CN2CCC3(CC2)C(=NC2CCCCC2)NC(=O)N3c2cccc(F)c2)c1. The Balaban J connectivity index is 1.24. The van der Waals surface area contributed by atoms with E-state index < -0.39 is 5.54 Å². The molecule has 214 valence electrons. The molecule has 0 aromatic heterocycles. The van der Waals surface area contributed by atoms with Gasteiger partial charge in [-0.05, 0) is 72.2 Å². The van der Waals surface area contributed by atoms with Crippen LogP contribution in [0.15, 0.2) is 77.8 Å². The number of hydrogen-bond acceptors (Lipinski definition) is 4. The first-order valence-corrected chi connectivity index (χ1v) is 14.9. The molecule has 3 aromatic carbocycles. The molecule has 3 aliphatic rings. The number of piperidine rings is 1. The van der Waals surface area contributed by atoms with Crippen molar-refractivity contribution in [3.05, 3.63) is 89.7 Å². The number of nitrogens with zero attached hydrogens (tertiary/aromatic N) is 3. The quantitative estimate of drug-likeness (QED) is 0.344. The maximum absolute atomic E-state index is 14.3. The molecule has 6 nitrogen and oxygen atoms in total. The van der Waals surface area contributed by atoms with Gasteiger partial charge in [0.05, 0.1) is 12.6 Å². The third kappa shape index (κ3) is 5.79. The van der Waals surface area contributed by atoms with Crippen LogP contribution in [0.25, 0.3) is 11.1 Å². The van der Waals surface area contributed by atoms with Crippen LogP contribution in [0.4, 0.5) is 14.9 Å². The van der Waals surface area contributed by atoms with Crippen LogP contribution in [0.3, 0.4) is 0 Å². The molecule has 3 aromatic rings. The number of aliphatic imine (C=N–C) groups is 1. The van der Waals surface area contributed by atoms with Gasteiger partial charge in [-0.3, -0.25) is 20.1 Å². The summed E-state index contributed by atoms with van der Waals surface area (Å²) in [4.78, 5) is 22.8. The molecule has 6 rings (SSSR count). The lowest BCUT2D eigenvalue weighted by Crippen LogP contribution is -2.57. The second-order valence-electron chi connectivity index (χ2n) is 11.6. The van der Waals surface area contributed by atoms with E-state index in [2.05, 4.69) is 52.7 Å². The van der Waals surface area contributed by atoms with Crippen molar-refractivity contribution in [3.8, 4) is 11.1 Å². The Morgan fingerprint density at radius 3 is 2.54 bits per heavy atom. The van der Waals surface area contributed by atoms with Gasteiger partial charge in [0.2, 0.25) is 0 Å². The predicted molar refractivity (Wildman–Crippen MR) is 162 cm³/mol. The molecule has 1 aliphatic carbocycles. The van der Waals surface area contributed by atoms with Crippen molar-refractivity contribution >= 4 is 17.6 Å². The molecule has 0 atom stereocenters. The number of ether oxygens (including phenoxy) is 1. The van der Waals surface area contributed by atoms with Gasteiger partial charge in [-0.25, -0.2) is 9.18 Å². The maximum Gasteiger partial charge on any atom is 0.328 e. The minimum Gasteiger partial charge on any atom is -0.380 e. The number of nitrogens with one attached hydrogen (secondary N) is 1. The van der Waals surface area contributed by atoms with Gasteiger partial charge in [-0.15, -0.1) is 0 Å². The van der Waals surface area contributed by atoms with Crippen LogP contribution in [0.1, 0.15) is 56.1 Å². The summed E-state index contributed by atoms with van der Waals surface area (Å²) in [6.45, 7) is 3.03.